The van der Waals surface area contributed by atoms with Crippen molar-refractivity contribution in [1.29, 1.82) is 0 Å². The van der Waals surface area contributed by atoms with Gasteiger partial charge < -0.3 is 14.1 Å². The lowest BCUT2D eigenvalue weighted by Crippen LogP contribution is -2.61. The molecule has 0 fully saturated rings. The second-order valence-corrected chi connectivity index (χ2v) is 26.0. The van der Waals surface area contributed by atoms with E-state index in [1.54, 1.807) is 0 Å². The van der Waals surface area contributed by atoms with Gasteiger partial charge in [-0.1, -0.05) is 170 Å². The van der Waals surface area contributed by atoms with E-state index in [0.29, 0.717) is 0 Å². The third-order valence-corrected chi connectivity index (χ3v) is 18.0. The van der Waals surface area contributed by atoms with E-state index < -0.39 is 0 Å². The van der Waals surface area contributed by atoms with Crippen LogP contribution in [0, 0.1) is 0 Å². The van der Waals surface area contributed by atoms with Gasteiger partial charge in [0.05, 0.1) is 5.69 Å². The molecular weight excluding hydrogens is 848 g/mol. The topological polar surface area (TPSA) is 19.6 Å². The monoisotopic (exact) mass is 915 g/mol. The van der Waals surface area contributed by atoms with E-state index in [1.165, 1.54) is 106 Å². The van der Waals surface area contributed by atoms with Crippen LogP contribution in [-0.4, -0.2) is 6.85 Å². The molecule has 0 spiro atoms. The molecule has 0 bridgehead atoms. The molecule has 0 atom stereocenters. The maximum atomic E-state index is 7.77. The molecule has 4 heteroatoms. The Hall–Kier alpha value is -6.26. The van der Waals surface area contributed by atoms with Crippen molar-refractivity contribution in [1.82, 2.24) is 0 Å². The Morgan fingerprint density at radius 3 is 1.61 bits per heavy atom. The van der Waals surface area contributed by atoms with Gasteiger partial charge in [0, 0.05) is 44.5 Å². The molecule has 1 aromatic heterocycles. The van der Waals surface area contributed by atoms with E-state index in [2.05, 4.69) is 234 Å². The fourth-order valence-corrected chi connectivity index (χ4v) is 13.8. The molecule has 3 nitrogen and oxygen atoms in total. The van der Waals surface area contributed by atoms with Crippen LogP contribution in [0.3, 0.4) is 0 Å². The first-order chi connectivity index (χ1) is 33.0. The van der Waals surface area contributed by atoms with Gasteiger partial charge in [-0.05, 0) is 167 Å². The summed E-state index contributed by atoms with van der Waals surface area (Å²) < 4.78 is 7.77. The lowest BCUT2D eigenvalue weighted by molar-refractivity contribution is 0.332. The molecule has 0 saturated heterocycles. The number of anilines is 5. The Morgan fingerprint density at radius 1 is 0.471 bits per heavy atom. The summed E-state index contributed by atoms with van der Waals surface area (Å²) in [6, 6.07) is 50.1. The molecule has 13 rings (SSSR count). The number of furan rings is 1. The smallest absolute Gasteiger partial charge is 0.375 e. The third-order valence-electron chi connectivity index (χ3n) is 18.0. The molecule has 70 heavy (non-hydrogen) atoms. The van der Waals surface area contributed by atoms with Crippen molar-refractivity contribution in [2.75, 3.05) is 9.71 Å². The molecule has 0 amide bonds. The summed E-state index contributed by atoms with van der Waals surface area (Å²) in [5.74, 6) is 0. The third kappa shape index (κ3) is 5.77. The number of nitrogens with zero attached hydrogens (tertiary/aromatic N) is 2. The fraction of sp³-hybridized carbons (Fsp3) is 0.333. The molecule has 0 saturated carbocycles. The normalized spacial score (nSPS) is 18.1. The Bertz CT molecular complexity index is 3570. The zero-order chi connectivity index (χ0) is 49.0. The second-order valence-electron chi connectivity index (χ2n) is 26.0. The number of fused-ring (bicyclic) bond motifs is 14. The van der Waals surface area contributed by atoms with E-state index >= 15 is 0 Å². The summed E-state index contributed by atoms with van der Waals surface area (Å²) in [5, 5.41) is 1.19. The number of benzene rings is 7. The average Bonchev–Trinajstić information content (AvgIpc) is 3.88. The van der Waals surface area contributed by atoms with Crippen LogP contribution in [-0.2, 0) is 32.5 Å². The van der Waals surface area contributed by atoms with Crippen molar-refractivity contribution >= 4 is 57.4 Å². The van der Waals surface area contributed by atoms with Crippen molar-refractivity contribution in [3.63, 3.8) is 0 Å². The Kier molecular flexibility index (Phi) is 8.61. The van der Waals surface area contributed by atoms with Crippen molar-refractivity contribution in [2.24, 2.45) is 0 Å². The first kappa shape index (κ1) is 43.7. The first-order valence-corrected chi connectivity index (χ1v) is 26.0. The molecule has 2 aliphatic heterocycles. The Labute approximate surface area is 417 Å². The molecule has 8 aromatic rings. The van der Waals surface area contributed by atoms with Crippen LogP contribution in [0.1, 0.15) is 154 Å². The van der Waals surface area contributed by atoms with E-state index in [1.807, 2.05) is 0 Å². The molecule has 7 aromatic carbocycles. The second kappa shape index (κ2) is 13.8. The zero-order valence-corrected chi connectivity index (χ0v) is 43.9. The molecule has 0 N–H and O–H groups in total. The standard InChI is InChI=1S/C66H67BN2O/c1-61(2,3)38-23-27-40(28-24-38)68-58-48-35-52-53(64(9,10)32-31-63(52,7)8)37-55(48)70-60(58)67-57-47(33-46-43-20-16-18-22-50(43)66(13,14)56(46)59(57)68)45-34-51-44(42-19-15-17-21-49(42)65(51,11)12)36-54(45)69(67)41-29-25-39(26-30-41)62(4,5)6/h15-30,33-37H,31-32H2,1-14H3. The van der Waals surface area contributed by atoms with Crippen molar-refractivity contribution in [3.05, 3.63) is 172 Å². The van der Waals surface area contributed by atoms with Crippen LogP contribution in [0.25, 0.3) is 44.3 Å². The fourth-order valence-electron chi connectivity index (χ4n) is 13.8. The van der Waals surface area contributed by atoms with Gasteiger partial charge in [-0.2, -0.15) is 0 Å². The minimum Gasteiger partial charge on any atom is -0.466 e. The SMILES string of the molecule is CC(C)(C)c1ccc(N2B3c4oc5cc6c(cc5c4N(c4ccc(C(C)(C)C)cc4)c4c3c(cc3c4C(C)(C)c4ccccc4-3)-c3cc4c(cc32)-c2ccccc2C4(C)C)C(C)(C)CCC6(C)C)cc1. The molecule has 350 valence electrons. The van der Waals surface area contributed by atoms with Gasteiger partial charge in [0.2, 0.25) is 0 Å². The van der Waals surface area contributed by atoms with E-state index in [4.69, 9.17) is 4.42 Å². The predicted molar refractivity (Wildman–Crippen MR) is 298 cm³/mol. The van der Waals surface area contributed by atoms with Gasteiger partial charge in [-0.3, -0.25) is 0 Å². The summed E-state index contributed by atoms with van der Waals surface area (Å²) in [4.78, 5) is 5.35. The maximum absolute atomic E-state index is 7.77. The van der Waals surface area contributed by atoms with Crippen LogP contribution in [0.5, 0.6) is 0 Å². The highest BCUT2D eigenvalue weighted by Crippen LogP contribution is 2.61. The molecule has 5 aliphatic rings. The lowest BCUT2D eigenvalue weighted by Gasteiger charge is -2.46. The van der Waals surface area contributed by atoms with Gasteiger partial charge in [-0.15, -0.1) is 0 Å². The minimum atomic E-state index is -0.298. The van der Waals surface area contributed by atoms with E-state index in [9.17, 15) is 0 Å². The summed E-state index contributed by atoms with van der Waals surface area (Å²) in [6.07, 6.45) is 2.29. The largest absolute Gasteiger partial charge is 0.466 e. The number of rotatable bonds is 2. The molecular formula is C66H67BN2O. The van der Waals surface area contributed by atoms with Crippen LogP contribution in [0.2, 0.25) is 0 Å². The average molecular weight is 915 g/mol. The van der Waals surface area contributed by atoms with Crippen LogP contribution >= 0.6 is 0 Å². The van der Waals surface area contributed by atoms with Gasteiger partial charge in [0.25, 0.3) is 0 Å². The Balaban J connectivity index is 1.22. The van der Waals surface area contributed by atoms with Crippen molar-refractivity contribution in [3.8, 4) is 33.4 Å². The van der Waals surface area contributed by atoms with Crippen LogP contribution in [0.4, 0.5) is 28.4 Å². The van der Waals surface area contributed by atoms with Gasteiger partial charge in [0.1, 0.15) is 11.2 Å². The zero-order valence-electron chi connectivity index (χ0n) is 43.9. The Morgan fingerprint density at radius 2 is 1.01 bits per heavy atom. The molecule has 3 aliphatic carbocycles. The van der Waals surface area contributed by atoms with Crippen LogP contribution in [0.15, 0.2) is 132 Å². The molecule has 0 unspecified atom stereocenters. The quantitative estimate of drug-likeness (QED) is 0.161. The van der Waals surface area contributed by atoms with Crippen LogP contribution < -0.4 is 20.8 Å². The first-order valence-electron chi connectivity index (χ1n) is 26.0. The summed E-state index contributed by atoms with van der Waals surface area (Å²) in [5.41, 5.74) is 27.8. The van der Waals surface area contributed by atoms with Crippen molar-refractivity contribution < 1.29 is 4.42 Å². The summed E-state index contributed by atoms with van der Waals surface area (Å²) in [7, 11) is 0. The highest BCUT2D eigenvalue weighted by atomic mass is 16.3. The van der Waals surface area contributed by atoms with E-state index in [0.717, 1.165) is 35.5 Å². The number of hydrogen-bond acceptors (Lipinski definition) is 3. The summed E-state index contributed by atoms with van der Waals surface area (Å²) in [6.45, 7) is 33.2. The highest BCUT2D eigenvalue weighted by molar-refractivity contribution is 6.93. The number of hydrogen-bond donors (Lipinski definition) is 0. The summed E-state index contributed by atoms with van der Waals surface area (Å²) >= 11 is 0. The van der Waals surface area contributed by atoms with Gasteiger partial charge >= 0.3 is 6.85 Å². The van der Waals surface area contributed by atoms with Crippen molar-refractivity contribution in [2.45, 2.75) is 142 Å². The van der Waals surface area contributed by atoms with Gasteiger partial charge in [0.15, 0.2) is 0 Å². The molecule has 3 heterocycles. The van der Waals surface area contributed by atoms with E-state index in [-0.39, 0.29) is 39.3 Å². The predicted octanol–water partition coefficient (Wildman–Crippen LogP) is 16.7. The van der Waals surface area contributed by atoms with Gasteiger partial charge in [-0.25, -0.2) is 0 Å². The maximum Gasteiger partial charge on any atom is 0.375 e. The highest BCUT2D eigenvalue weighted by Gasteiger charge is 2.54. The lowest BCUT2D eigenvalue weighted by atomic mass is 9.45. The minimum absolute atomic E-state index is 0.00765. The molecule has 0 radical (unpaired) electrons.